The number of nitrogens with one attached hydrogen (secondary N) is 1. The van der Waals surface area contributed by atoms with Crippen molar-refractivity contribution in [2.24, 2.45) is 5.41 Å². The van der Waals surface area contributed by atoms with Crippen molar-refractivity contribution in [3.8, 4) is 0 Å². The summed E-state index contributed by atoms with van der Waals surface area (Å²) in [5.41, 5.74) is 1.51. The Bertz CT molecular complexity index is 358. The summed E-state index contributed by atoms with van der Waals surface area (Å²) >= 11 is 6.11. The monoisotopic (exact) mass is 268 g/mol. The molecule has 18 heavy (non-hydrogen) atoms. The molecule has 102 valence electrons. The topological polar surface area (TPSA) is 24.9 Å². The first-order valence-corrected chi connectivity index (χ1v) is 7.14. The predicted octanol–water partition coefficient (Wildman–Crippen LogP) is 4.08. The lowest BCUT2D eigenvalue weighted by atomic mass is 9.83. The average Bonchev–Trinajstić information content (AvgIpc) is 2.29. The van der Waals surface area contributed by atoms with E-state index in [0.29, 0.717) is 11.5 Å². The number of halogens is 1. The molecule has 1 atom stereocenters. The molecule has 1 heterocycles. The summed E-state index contributed by atoms with van der Waals surface area (Å²) in [6.07, 6.45) is 6.89. The molecular formula is C15H25ClN2. The molecule has 0 amide bonds. The van der Waals surface area contributed by atoms with Gasteiger partial charge in [-0.3, -0.25) is 4.98 Å². The second-order valence-corrected chi connectivity index (χ2v) is 6.24. The lowest BCUT2D eigenvalue weighted by Gasteiger charge is -2.31. The van der Waals surface area contributed by atoms with Crippen molar-refractivity contribution >= 4 is 11.6 Å². The molecule has 0 aliphatic rings. The number of rotatable bonds is 6. The highest BCUT2D eigenvalue weighted by molar-refractivity contribution is 6.31. The van der Waals surface area contributed by atoms with Crippen molar-refractivity contribution in [1.29, 1.82) is 0 Å². The molecule has 0 saturated heterocycles. The zero-order valence-electron chi connectivity index (χ0n) is 12.0. The number of hydrogen-bond donors (Lipinski definition) is 1. The van der Waals surface area contributed by atoms with Crippen LogP contribution in [0.1, 0.15) is 46.1 Å². The molecule has 0 aliphatic heterocycles. The van der Waals surface area contributed by atoms with E-state index in [0.717, 1.165) is 24.4 Å². The highest BCUT2D eigenvalue weighted by Gasteiger charge is 2.22. The highest BCUT2D eigenvalue weighted by atomic mass is 35.5. The number of nitrogens with zero attached hydrogens (tertiary/aromatic N) is 1. The molecule has 1 unspecified atom stereocenters. The summed E-state index contributed by atoms with van der Waals surface area (Å²) in [7, 11) is 0. The largest absolute Gasteiger partial charge is 0.314 e. The van der Waals surface area contributed by atoms with Gasteiger partial charge < -0.3 is 5.32 Å². The van der Waals surface area contributed by atoms with Crippen LogP contribution in [0.15, 0.2) is 18.5 Å². The third kappa shape index (κ3) is 4.95. The van der Waals surface area contributed by atoms with E-state index in [4.69, 9.17) is 11.6 Å². The first kappa shape index (κ1) is 15.5. The highest BCUT2D eigenvalue weighted by Crippen LogP contribution is 2.24. The minimum Gasteiger partial charge on any atom is -0.314 e. The Kier molecular flexibility index (Phi) is 6.10. The zero-order valence-corrected chi connectivity index (χ0v) is 12.7. The van der Waals surface area contributed by atoms with E-state index in [9.17, 15) is 0 Å². The van der Waals surface area contributed by atoms with Gasteiger partial charge in [-0.2, -0.15) is 0 Å². The number of aromatic nitrogens is 1. The third-order valence-corrected chi connectivity index (χ3v) is 3.63. The van der Waals surface area contributed by atoms with Crippen LogP contribution in [0.4, 0.5) is 0 Å². The van der Waals surface area contributed by atoms with E-state index in [1.165, 1.54) is 12.0 Å². The minimum absolute atomic E-state index is 0.304. The Morgan fingerprint density at radius 3 is 2.67 bits per heavy atom. The van der Waals surface area contributed by atoms with Gasteiger partial charge in [0.1, 0.15) is 0 Å². The molecule has 0 aromatic carbocycles. The van der Waals surface area contributed by atoms with E-state index in [-0.39, 0.29) is 0 Å². The second kappa shape index (κ2) is 7.10. The Morgan fingerprint density at radius 1 is 1.39 bits per heavy atom. The molecule has 1 aromatic rings. The van der Waals surface area contributed by atoms with Crippen LogP contribution in [0.5, 0.6) is 0 Å². The van der Waals surface area contributed by atoms with Gasteiger partial charge >= 0.3 is 0 Å². The predicted molar refractivity (Wildman–Crippen MR) is 79.1 cm³/mol. The van der Waals surface area contributed by atoms with Crippen LogP contribution >= 0.6 is 11.6 Å². The maximum absolute atomic E-state index is 6.11. The van der Waals surface area contributed by atoms with Crippen LogP contribution in [0.25, 0.3) is 0 Å². The van der Waals surface area contributed by atoms with Crippen molar-refractivity contribution in [2.45, 2.75) is 53.0 Å². The number of hydrogen-bond acceptors (Lipinski definition) is 2. The van der Waals surface area contributed by atoms with Gasteiger partial charge in [0.15, 0.2) is 0 Å². The summed E-state index contributed by atoms with van der Waals surface area (Å²) < 4.78 is 0. The molecule has 3 heteroatoms. The first-order valence-electron chi connectivity index (χ1n) is 6.77. The molecule has 0 saturated carbocycles. The molecule has 1 rings (SSSR count). The fraction of sp³-hybridized carbons (Fsp3) is 0.667. The maximum Gasteiger partial charge on any atom is 0.0621 e. The molecule has 2 nitrogen and oxygen atoms in total. The van der Waals surface area contributed by atoms with Gasteiger partial charge in [-0.1, -0.05) is 39.3 Å². The van der Waals surface area contributed by atoms with Gasteiger partial charge in [-0.05, 0) is 42.9 Å². The Balaban J connectivity index is 2.47. The quantitative estimate of drug-likeness (QED) is 0.841. The Hall–Kier alpha value is -0.600. The molecule has 0 bridgehead atoms. The number of pyridine rings is 1. The smallest absolute Gasteiger partial charge is 0.0621 e. The Labute approximate surface area is 116 Å². The van der Waals surface area contributed by atoms with Crippen LogP contribution in [0.3, 0.4) is 0 Å². The van der Waals surface area contributed by atoms with E-state index in [2.05, 4.69) is 38.0 Å². The fourth-order valence-corrected chi connectivity index (χ4v) is 2.40. The van der Waals surface area contributed by atoms with Crippen LogP contribution < -0.4 is 5.32 Å². The zero-order chi connectivity index (χ0) is 13.6. The summed E-state index contributed by atoms with van der Waals surface area (Å²) in [5.74, 6) is 0. The molecule has 1 aromatic heterocycles. The van der Waals surface area contributed by atoms with E-state index in [1.807, 2.05) is 12.3 Å². The Morgan fingerprint density at radius 2 is 2.11 bits per heavy atom. The summed E-state index contributed by atoms with van der Waals surface area (Å²) in [6.45, 7) is 10.1. The van der Waals surface area contributed by atoms with Crippen molar-refractivity contribution < 1.29 is 0 Å². The first-order chi connectivity index (χ1) is 8.45. The fourth-order valence-electron chi connectivity index (χ4n) is 2.19. The lowest BCUT2D eigenvalue weighted by molar-refractivity contribution is 0.254. The van der Waals surface area contributed by atoms with Crippen LogP contribution in [-0.2, 0) is 6.42 Å². The molecule has 0 aliphatic carbocycles. The third-order valence-electron chi connectivity index (χ3n) is 3.29. The van der Waals surface area contributed by atoms with Gasteiger partial charge in [0, 0.05) is 18.4 Å². The normalized spacial score (nSPS) is 13.6. The molecule has 1 N–H and O–H groups in total. The lowest BCUT2D eigenvalue weighted by Crippen LogP contribution is -2.40. The summed E-state index contributed by atoms with van der Waals surface area (Å²) in [4.78, 5) is 4.01. The average molecular weight is 269 g/mol. The summed E-state index contributed by atoms with van der Waals surface area (Å²) in [5, 5.41) is 4.36. The van der Waals surface area contributed by atoms with Crippen molar-refractivity contribution in [2.75, 3.05) is 6.54 Å². The van der Waals surface area contributed by atoms with E-state index in [1.54, 1.807) is 6.20 Å². The number of aryl methyl sites for hydroxylation is 1. The van der Waals surface area contributed by atoms with Gasteiger partial charge in [-0.15, -0.1) is 0 Å². The van der Waals surface area contributed by atoms with Gasteiger partial charge in [-0.25, -0.2) is 0 Å². The van der Waals surface area contributed by atoms with Crippen LogP contribution in [0, 0.1) is 5.41 Å². The van der Waals surface area contributed by atoms with E-state index < -0.39 is 0 Å². The standard InChI is InChI=1S/C15H25ClN2/c1-5-18-14(15(2,3)4)8-6-7-12-9-10-17-11-13(12)16/h9-11,14,18H,5-8H2,1-4H3. The van der Waals surface area contributed by atoms with Crippen LogP contribution in [0.2, 0.25) is 5.02 Å². The van der Waals surface area contributed by atoms with Gasteiger partial charge in [0.2, 0.25) is 0 Å². The molecule has 0 radical (unpaired) electrons. The molecular weight excluding hydrogens is 244 g/mol. The molecule has 0 spiro atoms. The minimum atomic E-state index is 0.304. The molecule has 0 fully saturated rings. The SMILES string of the molecule is CCNC(CCCc1ccncc1Cl)C(C)(C)C. The van der Waals surface area contributed by atoms with Crippen molar-refractivity contribution in [3.63, 3.8) is 0 Å². The van der Waals surface area contributed by atoms with Gasteiger partial charge in [0.05, 0.1) is 5.02 Å². The van der Waals surface area contributed by atoms with Crippen LogP contribution in [-0.4, -0.2) is 17.6 Å². The maximum atomic E-state index is 6.11. The van der Waals surface area contributed by atoms with Gasteiger partial charge in [0.25, 0.3) is 0 Å². The summed E-state index contributed by atoms with van der Waals surface area (Å²) in [6, 6.07) is 2.57. The van der Waals surface area contributed by atoms with E-state index >= 15 is 0 Å². The second-order valence-electron chi connectivity index (χ2n) is 5.84. The van der Waals surface area contributed by atoms with Crippen molar-refractivity contribution in [3.05, 3.63) is 29.0 Å². The van der Waals surface area contributed by atoms with Crippen molar-refractivity contribution in [1.82, 2.24) is 10.3 Å².